The van der Waals surface area contributed by atoms with Crippen molar-refractivity contribution in [2.75, 3.05) is 6.54 Å². The lowest BCUT2D eigenvalue weighted by atomic mass is 9.92. The summed E-state index contributed by atoms with van der Waals surface area (Å²) in [6, 6.07) is 4.48. The van der Waals surface area contributed by atoms with Crippen molar-refractivity contribution in [2.24, 2.45) is 0 Å². The van der Waals surface area contributed by atoms with Crippen LogP contribution in [0.5, 0.6) is 0 Å². The Balaban J connectivity index is 2.03. The van der Waals surface area contributed by atoms with Gasteiger partial charge in [-0.15, -0.1) is 0 Å². The van der Waals surface area contributed by atoms with Crippen molar-refractivity contribution >= 4 is 29.5 Å². The SMILES string of the molecule is O=C(O)CN1C(=O)NC2(CCc3cc(Cl)ccc32)C1=O. The van der Waals surface area contributed by atoms with Gasteiger partial charge in [0, 0.05) is 5.02 Å². The molecule has 0 aromatic heterocycles. The van der Waals surface area contributed by atoms with Crippen molar-refractivity contribution in [2.45, 2.75) is 18.4 Å². The molecule has 1 fully saturated rings. The van der Waals surface area contributed by atoms with E-state index in [0.717, 1.165) is 10.5 Å². The van der Waals surface area contributed by atoms with Crippen LogP contribution in [-0.2, 0) is 21.5 Å². The summed E-state index contributed by atoms with van der Waals surface area (Å²) in [4.78, 5) is 35.8. The molecule has 6 nitrogen and oxygen atoms in total. The standard InChI is InChI=1S/C13H11ClN2O4/c14-8-1-2-9-7(5-8)3-4-13(9)11(19)16(6-10(17)18)12(20)15-13/h1-2,5H,3-4,6H2,(H,15,20)(H,17,18). The van der Waals surface area contributed by atoms with Gasteiger partial charge in [-0.1, -0.05) is 17.7 Å². The van der Waals surface area contributed by atoms with Crippen molar-refractivity contribution in [3.8, 4) is 0 Å². The molecule has 1 atom stereocenters. The minimum atomic E-state index is -1.22. The van der Waals surface area contributed by atoms with Gasteiger partial charge in [-0.05, 0) is 36.1 Å². The van der Waals surface area contributed by atoms with Gasteiger partial charge in [0.05, 0.1) is 0 Å². The smallest absolute Gasteiger partial charge is 0.325 e. The summed E-state index contributed by atoms with van der Waals surface area (Å²) in [6.07, 6.45) is 1.03. The predicted molar refractivity (Wildman–Crippen MR) is 69.3 cm³/mol. The lowest BCUT2D eigenvalue weighted by Gasteiger charge is -2.22. The van der Waals surface area contributed by atoms with E-state index in [9.17, 15) is 14.4 Å². The van der Waals surface area contributed by atoms with Crippen LogP contribution in [-0.4, -0.2) is 34.5 Å². The molecule has 0 bridgehead atoms. The van der Waals surface area contributed by atoms with Gasteiger partial charge in [-0.25, -0.2) is 4.79 Å². The zero-order valence-electron chi connectivity index (χ0n) is 10.4. The molecular weight excluding hydrogens is 284 g/mol. The molecule has 1 aliphatic heterocycles. The number of rotatable bonds is 2. The first kappa shape index (κ1) is 12.9. The van der Waals surface area contributed by atoms with Gasteiger partial charge in [0.1, 0.15) is 12.1 Å². The molecule has 20 heavy (non-hydrogen) atoms. The second-order valence-electron chi connectivity index (χ2n) is 4.92. The largest absolute Gasteiger partial charge is 0.480 e. The van der Waals surface area contributed by atoms with Crippen LogP contribution in [0.25, 0.3) is 0 Å². The van der Waals surface area contributed by atoms with Crippen molar-refractivity contribution in [3.05, 3.63) is 34.3 Å². The molecule has 3 amide bonds. The first-order valence-electron chi connectivity index (χ1n) is 6.09. The number of carbonyl (C=O) groups is 3. The average molecular weight is 295 g/mol. The van der Waals surface area contributed by atoms with Crippen LogP contribution in [0, 0.1) is 0 Å². The Bertz CT molecular complexity index is 645. The molecule has 7 heteroatoms. The minimum absolute atomic E-state index is 0.420. The molecule has 1 aromatic carbocycles. The van der Waals surface area contributed by atoms with Crippen LogP contribution in [0.4, 0.5) is 4.79 Å². The Morgan fingerprint density at radius 3 is 2.90 bits per heavy atom. The molecule has 1 aromatic rings. The topological polar surface area (TPSA) is 86.7 Å². The van der Waals surface area contributed by atoms with Crippen molar-refractivity contribution in [1.82, 2.24) is 10.2 Å². The second-order valence-corrected chi connectivity index (χ2v) is 5.36. The third-order valence-corrected chi connectivity index (χ3v) is 4.00. The lowest BCUT2D eigenvalue weighted by Crippen LogP contribution is -2.42. The van der Waals surface area contributed by atoms with Crippen molar-refractivity contribution in [3.63, 3.8) is 0 Å². The normalized spacial score (nSPS) is 24.1. The van der Waals surface area contributed by atoms with Gasteiger partial charge < -0.3 is 10.4 Å². The highest BCUT2D eigenvalue weighted by Gasteiger charge is 2.55. The Kier molecular flexibility index (Phi) is 2.72. The molecule has 0 radical (unpaired) electrons. The van der Waals surface area contributed by atoms with Crippen LogP contribution in [0.2, 0.25) is 5.02 Å². The minimum Gasteiger partial charge on any atom is -0.480 e. The highest BCUT2D eigenvalue weighted by molar-refractivity contribution is 6.30. The second kappa shape index (κ2) is 4.21. The first-order chi connectivity index (χ1) is 9.44. The third-order valence-electron chi connectivity index (χ3n) is 3.77. The lowest BCUT2D eigenvalue weighted by molar-refractivity contribution is -0.142. The van der Waals surface area contributed by atoms with E-state index < -0.39 is 30.0 Å². The highest BCUT2D eigenvalue weighted by atomic mass is 35.5. The van der Waals surface area contributed by atoms with Crippen molar-refractivity contribution < 1.29 is 19.5 Å². The number of aryl methyl sites for hydroxylation is 1. The number of fused-ring (bicyclic) bond motifs is 2. The van der Waals surface area contributed by atoms with Crippen LogP contribution >= 0.6 is 11.6 Å². The molecule has 1 heterocycles. The molecule has 1 unspecified atom stereocenters. The number of aliphatic carboxylic acids is 1. The van der Waals surface area contributed by atoms with Gasteiger partial charge >= 0.3 is 12.0 Å². The fourth-order valence-corrected chi connectivity index (χ4v) is 3.09. The third kappa shape index (κ3) is 1.68. The van der Waals surface area contributed by atoms with E-state index in [2.05, 4.69) is 5.32 Å². The summed E-state index contributed by atoms with van der Waals surface area (Å²) < 4.78 is 0. The first-order valence-corrected chi connectivity index (χ1v) is 6.47. The van der Waals surface area contributed by atoms with Gasteiger partial charge in [-0.3, -0.25) is 14.5 Å². The summed E-state index contributed by atoms with van der Waals surface area (Å²) in [5, 5.41) is 12.0. The summed E-state index contributed by atoms with van der Waals surface area (Å²) in [5.74, 6) is -1.73. The summed E-state index contributed by atoms with van der Waals surface area (Å²) in [6.45, 7) is -0.630. The van der Waals surface area contributed by atoms with Gasteiger partial charge in [0.25, 0.3) is 5.91 Å². The van der Waals surface area contributed by atoms with E-state index in [4.69, 9.17) is 16.7 Å². The fourth-order valence-electron chi connectivity index (χ4n) is 2.90. The summed E-state index contributed by atoms with van der Waals surface area (Å²) in [7, 11) is 0. The van der Waals surface area contributed by atoms with E-state index in [1.807, 2.05) is 0 Å². The molecule has 2 N–H and O–H groups in total. The van der Waals surface area contributed by atoms with E-state index >= 15 is 0 Å². The maximum Gasteiger partial charge on any atom is 0.325 e. The molecular formula is C13H11ClN2O4. The fraction of sp³-hybridized carbons (Fsp3) is 0.308. The number of carbonyl (C=O) groups excluding carboxylic acids is 2. The molecule has 0 saturated carbocycles. The Morgan fingerprint density at radius 2 is 2.20 bits per heavy atom. The Labute approximate surface area is 119 Å². The summed E-state index contributed by atoms with van der Waals surface area (Å²) in [5.41, 5.74) is 0.475. The van der Waals surface area contributed by atoms with Crippen LogP contribution in [0.15, 0.2) is 18.2 Å². The maximum absolute atomic E-state index is 12.5. The average Bonchev–Trinajstić information content (AvgIpc) is 2.84. The Hall–Kier alpha value is -2.08. The van der Waals surface area contributed by atoms with E-state index in [0.29, 0.717) is 23.4 Å². The molecule has 1 spiro atoms. The number of halogens is 1. The van der Waals surface area contributed by atoms with Crippen LogP contribution < -0.4 is 5.32 Å². The van der Waals surface area contributed by atoms with E-state index in [1.54, 1.807) is 18.2 Å². The number of amides is 3. The van der Waals surface area contributed by atoms with E-state index in [-0.39, 0.29) is 0 Å². The van der Waals surface area contributed by atoms with Crippen molar-refractivity contribution in [1.29, 1.82) is 0 Å². The molecule has 2 aliphatic rings. The van der Waals surface area contributed by atoms with Crippen LogP contribution in [0.1, 0.15) is 17.5 Å². The maximum atomic E-state index is 12.5. The zero-order valence-corrected chi connectivity index (χ0v) is 11.1. The molecule has 104 valence electrons. The number of carboxylic acid groups (broad SMARTS) is 1. The number of carboxylic acids is 1. The number of hydrogen-bond acceptors (Lipinski definition) is 3. The number of imide groups is 1. The molecule has 1 aliphatic carbocycles. The quantitative estimate of drug-likeness (QED) is 0.800. The highest BCUT2D eigenvalue weighted by Crippen LogP contribution is 2.42. The van der Waals surface area contributed by atoms with Gasteiger partial charge in [0.15, 0.2) is 0 Å². The predicted octanol–water partition coefficient (Wildman–Crippen LogP) is 1.12. The number of nitrogens with zero attached hydrogens (tertiary/aromatic N) is 1. The Morgan fingerprint density at radius 1 is 1.45 bits per heavy atom. The number of nitrogens with one attached hydrogen (secondary N) is 1. The monoisotopic (exact) mass is 294 g/mol. The van der Waals surface area contributed by atoms with E-state index in [1.165, 1.54) is 0 Å². The summed E-state index contributed by atoms with van der Waals surface area (Å²) >= 11 is 5.92. The number of urea groups is 1. The number of benzene rings is 1. The van der Waals surface area contributed by atoms with Gasteiger partial charge in [0.2, 0.25) is 0 Å². The van der Waals surface area contributed by atoms with Crippen LogP contribution in [0.3, 0.4) is 0 Å². The van der Waals surface area contributed by atoms with Gasteiger partial charge in [-0.2, -0.15) is 0 Å². The molecule has 3 rings (SSSR count). The molecule has 1 saturated heterocycles. The zero-order chi connectivity index (χ0) is 14.5. The number of hydrogen-bond donors (Lipinski definition) is 2.